The number of para-hydroxylation sites is 1. The van der Waals surface area contributed by atoms with Crippen molar-refractivity contribution in [1.82, 2.24) is 19.4 Å². The number of imidazole rings is 1. The van der Waals surface area contributed by atoms with Crippen molar-refractivity contribution in [1.29, 1.82) is 0 Å². The van der Waals surface area contributed by atoms with Crippen molar-refractivity contribution in [3.05, 3.63) is 158 Å². The summed E-state index contributed by atoms with van der Waals surface area (Å²) in [5.74, 6) is 0. The average molecular weight is 615 g/mol. The van der Waals surface area contributed by atoms with E-state index in [0.717, 1.165) is 61.2 Å². The fraction of sp³-hybridized carbons (Fsp3) is 0. The topological polar surface area (TPSA) is 56.2 Å². The van der Waals surface area contributed by atoms with Gasteiger partial charge < -0.3 is 4.42 Å². The molecular formula is C43H26N4O. The largest absolute Gasteiger partial charge is 0.437 e. The van der Waals surface area contributed by atoms with Crippen LogP contribution in [0.1, 0.15) is 0 Å². The molecule has 0 bridgehead atoms. The van der Waals surface area contributed by atoms with Gasteiger partial charge in [-0.15, -0.1) is 0 Å². The van der Waals surface area contributed by atoms with Crippen molar-refractivity contribution in [2.45, 2.75) is 0 Å². The van der Waals surface area contributed by atoms with Crippen molar-refractivity contribution in [3.8, 4) is 44.5 Å². The maximum atomic E-state index is 6.34. The third-order valence-corrected chi connectivity index (χ3v) is 9.36. The summed E-state index contributed by atoms with van der Waals surface area (Å²) in [6.45, 7) is 0. The molecule has 5 heterocycles. The summed E-state index contributed by atoms with van der Waals surface area (Å²) in [5, 5.41) is 5.76. The molecule has 0 aliphatic heterocycles. The molecule has 0 spiro atoms. The predicted molar refractivity (Wildman–Crippen MR) is 195 cm³/mol. The van der Waals surface area contributed by atoms with Gasteiger partial charge in [-0.05, 0) is 110 Å². The molecule has 0 aliphatic carbocycles. The van der Waals surface area contributed by atoms with Gasteiger partial charge in [0.25, 0.3) is 0 Å². The second-order valence-electron chi connectivity index (χ2n) is 12.1. The second kappa shape index (κ2) is 10.5. The van der Waals surface area contributed by atoms with E-state index in [1.807, 2.05) is 55.1 Å². The number of aromatic nitrogens is 4. The van der Waals surface area contributed by atoms with E-state index in [1.165, 1.54) is 32.7 Å². The zero-order valence-corrected chi connectivity index (χ0v) is 25.7. The normalized spacial score (nSPS) is 11.8. The van der Waals surface area contributed by atoms with Gasteiger partial charge in [0.2, 0.25) is 5.71 Å². The predicted octanol–water partition coefficient (Wildman–Crippen LogP) is 11.0. The Bertz CT molecular complexity index is 2720. The van der Waals surface area contributed by atoms with Gasteiger partial charge >= 0.3 is 0 Å². The number of benzene rings is 5. The van der Waals surface area contributed by atoms with E-state index >= 15 is 0 Å². The summed E-state index contributed by atoms with van der Waals surface area (Å²) < 4.78 is 8.42. The highest BCUT2D eigenvalue weighted by molar-refractivity contribution is 6.21. The lowest BCUT2D eigenvalue weighted by molar-refractivity contribution is 0.649. The first-order valence-corrected chi connectivity index (χ1v) is 16.0. The van der Waals surface area contributed by atoms with Gasteiger partial charge in [0.15, 0.2) is 0 Å². The summed E-state index contributed by atoms with van der Waals surface area (Å²) >= 11 is 0. The standard InChI is InChI=1S/C43H26N4O/c1-3-13-35-33(11-1)40(29-17-18-39-46-42-37-15-5-6-16-38(37)48-43(42)47(39)26-29)34-12-2-4-14-36(34)41(35)32-22-30(27-9-7-19-44-24-27)21-31(23-32)28-10-8-20-45-25-28/h1-26H. The number of furan rings is 1. The van der Waals surface area contributed by atoms with E-state index in [4.69, 9.17) is 9.40 Å². The minimum absolute atomic E-state index is 0.758. The van der Waals surface area contributed by atoms with Crippen LogP contribution >= 0.6 is 0 Å². The third-order valence-electron chi connectivity index (χ3n) is 9.36. The van der Waals surface area contributed by atoms with Crippen LogP contribution in [0.25, 0.3) is 93.9 Å². The maximum absolute atomic E-state index is 6.34. The number of nitrogens with zero attached hydrogens (tertiary/aromatic N) is 4. The summed E-state index contributed by atoms with van der Waals surface area (Å²) in [6, 6.07) is 44.9. The quantitative estimate of drug-likeness (QED) is 0.185. The van der Waals surface area contributed by atoms with E-state index in [0.29, 0.717) is 0 Å². The lowest BCUT2D eigenvalue weighted by Gasteiger charge is -2.19. The Morgan fingerprint density at radius 1 is 0.458 bits per heavy atom. The molecule has 10 aromatic rings. The number of pyridine rings is 3. The summed E-state index contributed by atoms with van der Waals surface area (Å²) in [7, 11) is 0. The van der Waals surface area contributed by atoms with Gasteiger partial charge in [0.1, 0.15) is 16.7 Å². The molecule has 5 aromatic heterocycles. The zero-order chi connectivity index (χ0) is 31.6. The Kier molecular flexibility index (Phi) is 5.81. The molecule has 0 fully saturated rings. The molecule has 0 unspecified atom stereocenters. The van der Waals surface area contributed by atoms with Gasteiger partial charge in [-0.3, -0.25) is 14.4 Å². The Hall–Kier alpha value is -6.59. The second-order valence-corrected chi connectivity index (χ2v) is 12.1. The fourth-order valence-electron chi connectivity index (χ4n) is 7.22. The molecule has 5 nitrogen and oxygen atoms in total. The monoisotopic (exact) mass is 614 g/mol. The van der Waals surface area contributed by atoms with E-state index in [2.05, 4.69) is 118 Å². The van der Waals surface area contributed by atoms with Crippen molar-refractivity contribution in [3.63, 3.8) is 0 Å². The number of fused-ring (bicyclic) bond motifs is 7. The highest BCUT2D eigenvalue weighted by Crippen LogP contribution is 2.45. The Balaban J connectivity index is 1.27. The average Bonchev–Trinajstić information content (AvgIpc) is 3.70. The SMILES string of the molecule is c1cncc(-c2cc(-c3cccnc3)cc(-c3c4ccccc4c(-c4ccc5nc6c7ccccc7oc6n5c4)c4ccccc34)c2)c1. The van der Waals surface area contributed by atoms with E-state index < -0.39 is 0 Å². The Morgan fingerprint density at radius 2 is 1.00 bits per heavy atom. The lowest BCUT2D eigenvalue weighted by atomic mass is 9.85. The third kappa shape index (κ3) is 4.08. The molecule has 0 saturated carbocycles. The molecule has 0 aliphatic rings. The molecule has 5 aromatic carbocycles. The van der Waals surface area contributed by atoms with Crippen LogP contribution in [0.2, 0.25) is 0 Å². The highest BCUT2D eigenvalue weighted by atomic mass is 16.3. The first-order chi connectivity index (χ1) is 23.8. The first-order valence-electron chi connectivity index (χ1n) is 16.0. The molecule has 0 amide bonds. The first kappa shape index (κ1) is 26.6. The maximum Gasteiger partial charge on any atom is 0.232 e. The van der Waals surface area contributed by atoms with Crippen LogP contribution in [0.4, 0.5) is 0 Å². The van der Waals surface area contributed by atoms with Gasteiger partial charge in [-0.25, -0.2) is 4.98 Å². The lowest BCUT2D eigenvalue weighted by Crippen LogP contribution is -1.93. The van der Waals surface area contributed by atoms with Crippen LogP contribution in [-0.4, -0.2) is 19.4 Å². The highest BCUT2D eigenvalue weighted by Gasteiger charge is 2.20. The Morgan fingerprint density at radius 3 is 1.58 bits per heavy atom. The van der Waals surface area contributed by atoms with E-state index in [1.54, 1.807) is 0 Å². The molecule has 224 valence electrons. The summed E-state index contributed by atoms with van der Waals surface area (Å²) in [5.41, 5.74) is 12.3. The number of rotatable bonds is 4. The number of hydrogen-bond acceptors (Lipinski definition) is 4. The molecule has 0 atom stereocenters. The van der Waals surface area contributed by atoms with Gasteiger partial charge in [-0.1, -0.05) is 72.8 Å². The zero-order valence-electron chi connectivity index (χ0n) is 25.7. The fourth-order valence-corrected chi connectivity index (χ4v) is 7.22. The molecular weight excluding hydrogens is 589 g/mol. The molecule has 10 rings (SSSR count). The van der Waals surface area contributed by atoms with Crippen LogP contribution in [0.5, 0.6) is 0 Å². The van der Waals surface area contributed by atoms with Crippen molar-refractivity contribution < 1.29 is 4.42 Å². The summed E-state index contributed by atoms with van der Waals surface area (Å²) in [6.07, 6.45) is 9.66. The smallest absolute Gasteiger partial charge is 0.232 e. The molecule has 5 heteroatoms. The van der Waals surface area contributed by atoms with Crippen molar-refractivity contribution >= 4 is 49.4 Å². The van der Waals surface area contributed by atoms with Gasteiger partial charge in [0, 0.05) is 47.5 Å². The van der Waals surface area contributed by atoms with Crippen molar-refractivity contribution in [2.75, 3.05) is 0 Å². The minimum atomic E-state index is 0.758. The van der Waals surface area contributed by atoms with E-state index in [-0.39, 0.29) is 0 Å². The molecule has 0 saturated heterocycles. The molecule has 0 radical (unpaired) electrons. The van der Waals surface area contributed by atoms with Crippen LogP contribution in [0.3, 0.4) is 0 Å². The molecule has 48 heavy (non-hydrogen) atoms. The minimum Gasteiger partial charge on any atom is -0.437 e. The van der Waals surface area contributed by atoms with E-state index in [9.17, 15) is 0 Å². The van der Waals surface area contributed by atoms with Crippen LogP contribution in [-0.2, 0) is 0 Å². The number of hydrogen-bond donors (Lipinski definition) is 0. The molecule has 0 N–H and O–H groups in total. The Labute approximate surface area is 275 Å². The van der Waals surface area contributed by atoms with Crippen molar-refractivity contribution in [2.24, 2.45) is 0 Å². The van der Waals surface area contributed by atoms with Crippen LogP contribution in [0.15, 0.2) is 163 Å². The van der Waals surface area contributed by atoms with Crippen LogP contribution in [0, 0.1) is 0 Å². The van der Waals surface area contributed by atoms with Crippen LogP contribution < -0.4 is 0 Å². The summed E-state index contributed by atoms with van der Waals surface area (Å²) in [4.78, 5) is 13.8. The van der Waals surface area contributed by atoms with Gasteiger partial charge in [0.05, 0.1) is 0 Å². The van der Waals surface area contributed by atoms with Gasteiger partial charge in [-0.2, -0.15) is 0 Å².